The van der Waals surface area contributed by atoms with Gasteiger partial charge in [-0.3, -0.25) is 4.79 Å². The van der Waals surface area contributed by atoms with Crippen LogP contribution in [0.3, 0.4) is 0 Å². The number of hydrogen-bond donors (Lipinski definition) is 1. The van der Waals surface area contributed by atoms with Crippen LogP contribution in [0.5, 0.6) is 0 Å². The maximum Gasteiger partial charge on any atom is 0.253 e. The van der Waals surface area contributed by atoms with Crippen molar-refractivity contribution in [2.24, 2.45) is 5.92 Å². The second-order valence-corrected chi connectivity index (χ2v) is 8.80. The lowest BCUT2D eigenvalue weighted by atomic mass is 9.96. The minimum atomic E-state index is -0.680. The number of nitrogens with zero attached hydrogens (tertiary/aromatic N) is 2. The van der Waals surface area contributed by atoms with Gasteiger partial charge in [-0.2, -0.15) is 0 Å². The van der Waals surface area contributed by atoms with Crippen molar-refractivity contribution in [2.45, 2.75) is 65.0 Å². The maximum absolute atomic E-state index is 12.9. The van der Waals surface area contributed by atoms with Gasteiger partial charge in [-0.05, 0) is 83.5 Å². The highest BCUT2D eigenvalue weighted by molar-refractivity contribution is 5.94. The van der Waals surface area contributed by atoms with Crippen LogP contribution in [-0.4, -0.2) is 59.1 Å². The first-order chi connectivity index (χ1) is 12.2. The third-order valence-electron chi connectivity index (χ3n) is 5.36. The Morgan fingerprint density at radius 3 is 2.77 bits per heavy atom. The predicted molar refractivity (Wildman–Crippen MR) is 107 cm³/mol. The normalized spacial score (nSPS) is 19.0. The van der Waals surface area contributed by atoms with Crippen molar-refractivity contribution in [3.8, 4) is 0 Å². The van der Waals surface area contributed by atoms with Gasteiger partial charge in [-0.1, -0.05) is 12.1 Å². The van der Waals surface area contributed by atoms with Gasteiger partial charge in [0.15, 0.2) is 0 Å². The van der Waals surface area contributed by atoms with Crippen LogP contribution in [0.15, 0.2) is 24.3 Å². The third kappa shape index (κ3) is 6.40. The van der Waals surface area contributed by atoms with Gasteiger partial charge in [0.1, 0.15) is 0 Å². The van der Waals surface area contributed by atoms with Crippen LogP contribution < -0.4 is 0 Å². The molecule has 1 N–H and O–H groups in total. The van der Waals surface area contributed by atoms with E-state index in [-0.39, 0.29) is 5.91 Å². The highest BCUT2D eigenvalue weighted by atomic mass is 16.3. The molecule has 1 fully saturated rings. The fourth-order valence-electron chi connectivity index (χ4n) is 3.72. The van der Waals surface area contributed by atoms with Crippen LogP contribution >= 0.6 is 0 Å². The van der Waals surface area contributed by atoms with Crippen molar-refractivity contribution < 1.29 is 9.90 Å². The Bertz CT molecular complexity index is 592. The van der Waals surface area contributed by atoms with Gasteiger partial charge in [0.05, 0.1) is 5.60 Å². The van der Waals surface area contributed by atoms with E-state index in [0.717, 1.165) is 30.6 Å². The summed E-state index contributed by atoms with van der Waals surface area (Å²) in [5.74, 6) is 0.648. The van der Waals surface area contributed by atoms with E-state index in [2.05, 4.69) is 18.7 Å². The van der Waals surface area contributed by atoms with Gasteiger partial charge >= 0.3 is 0 Å². The average Bonchev–Trinajstić information content (AvgIpc) is 2.59. The zero-order valence-electron chi connectivity index (χ0n) is 17.2. The highest BCUT2D eigenvalue weighted by Crippen LogP contribution is 2.20. The molecule has 1 aromatic rings. The molecule has 1 aliphatic heterocycles. The molecule has 1 aliphatic rings. The summed E-state index contributed by atoms with van der Waals surface area (Å²) in [5.41, 5.74) is 1.17. The van der Waals surface area contributed by atoms with Crippen LogP contribution in [0.25, 0.3) is 0 Å². The second kappa shape index (κ2) is 9.01. The number of likely N-dealkylation sites (tertiary alicyclic amines) is 1. The number of piperidine rings is 1. The Morgan fingerprint density at radius 1 is 1.38 bits per heavy atom. The van der Waals surface area contributed by atoms with E-state index in [1.165, 1.54) is 19.4 Å². The predicted octanol–water partition coefficient (Wildman–Crippen LogP) is 3.58. The van der Waals surface area contributed by atoms with E-state index >= 15 is 0 Å². The van der Waals surface area contributed by atoms with Crippen LogP contribution in [0.2, 0.25) is 0 Å². The van der Waals surface area contributed by atoms with Crippen molar-refractivity contribution in [3.63, 3.8) is 0 Å². The molecule has 1 heterocycles. The van der Waals surface area contributed by atoms with Crippen LogP contribution in [0.4, 0.5) is 0 Å². The Hall–Kier alpha value is -1.39. The molecule has 26 heavy (non-hydrogen) atoms. The van der Waals surface area contributed by atoms with Crippen LogP contribution in [0, 0.1) is 5.92 Å². The summed E-state index contributed by atoms with van der Waals surface area (Å²) in [4.78, 5) is 17.2. The molecule has 0 spiro atoms. The molecule has 0 radical (unpaired) electrons. The summed E-state index contributed by atoms with van der Waals surface area (Å²) in [7, 11) is 1.92. The largest absolute Gasteiger partial charge is 0.390 e. The van der Waals surface area contributed by atoms with E-state index in [9.17, 15) is 9.90 Å². The molecule has 1 saturated heterocycles. The number of hydrogen-bond acceptors (Lipinski definition) is 3. The molecule has 0 saturated carbocycles. The third-order valence-corrected chi connectivity index (χ3v) is 5.36. The van der Waals surface area contributed by atoms with E-state index < -0.39 is 5.60 Å². The monoisotopic (exact) mass is 360 g/mol. The highest BCUT2D eigenvalue weighted by Gasteiger charge is 2.24. The Labute approximate surface area is 159 Å². The number of aliphatic hydroxyl groups is 1. The summed E-state index contributed by atoms with van der Waals surface area (Å²) in [6.45, 7) is 11.2. The van der Waals surface area contributed by atoms with Crippen molar-refractivity contribution in [1.82, 2.24) is 9.80 Å². The minimum absolute atomic E-state index is 0.0942. The summed E-state index contributed by atoms with van der Waals surface area (Å²) < 4.78 is 0. The van der Waals surface area contributed by atoms with Gasteiger partial charge in [0.2, 0.25) is 0 Å². The molecule has 0 unspecified atom stereocenters. The smallest absolute Gasteiger partial charge is 0.253 e. The lowest BCUT2D eigenvalue weighted by molar-refractivity contribution is 0.0709. The Balaban J connectivity index is 1.95. The van der Waals surface area contributed by atoms with E-state index in [4.69, 9.17) is 0 Å². The van der Waals surface area contributed by atoms with E-state index in [0.29, 0.717) is 18.4 Å². The molecule has 0 bridgehead atoms. The van der Waals surface area contributed by atoms with E-state index in [1.54, 1.807) is 0 Å². The Kier molecular flexibility index (Phi) is 7.24. The quantitative estimate of drug-likeness (QED) is 0.808. The maximum atomic E-state index is 12.9. The molecular formula is C22H36N2O2. The first-order valence-electron chi connectivity index (χ1n) is 9.96. The molecule has 0 aliphatic carbocycles. The molecule has 0 aromatic heterocycles. The van der Waals surface area contributed by atoms with Crippen LogP contribution in [0.1, 0.15) is 62.9 Å². The summed E-state index contributed by atoms with van der Waals surface area (Å²) >= 11 is 0. The fraction of sp³-hybridized carbons (Fsp3) is 0.682. The lowest BCUT2D eigenvalue weighted by Gasteiger charge is -2.37. The molecule has 2 rings (SSSR count). The minimum Gasteiger partial charge on any atom is -0.390 e. The van der Waals surface area contributed by atoms with Gasteiger partial charge in [-0.15, -0.1) is 0 Å². The van der Waals surface area contributed by atoms with Gasteiger partial charge in [0.25, 0.3) is 5.91 Å². The summed E-state index contributed by atoms with van der Waals surface area (Å²) in [6, 6.07) is 8.43. The number of benzene rings is 1. The summed E-state index contributed by atoms with van der Waals surface area (Å²) in [5, 5.41) is 9.91. The number of carbonyl (C=O) groups excluding carboxylic acids is 1. The zero-order valence-corrected chi connectivity index (χ0v) is 17.2. The number of amides is 1. The zero-order chi connectivity index (χ0) is 19.3. The van der Waals surface area contributed by atoms with Gasteiger partial charge < -0.3 is 14.9 Å². The van der Waals surface area contributed by atoms with Crippen molar-refractivity contribution in [2.75, 3.05) is 26.7 Å². The van der Waals surface area contributed by atoms with Crippen molar-refractivity contribution >= 4 is 5.91 Å². The van der Waals surface area contributed by atoms with Crippen molar-refractivity contribution in [1.29, 1.82) is 0 Å². The lowest BCUT2D eigenvalue weighted by Crippen LogP contribution is -2.44. The molecule has 1 aromatic carbocycles. The topological polar surface area (TPSA) is 43.8 Å². The number of carbonyl (C=O) groups is 1. The number of rotatable bonds is 7. The van der Waals surface area contributed by atoms with Crippen LogP contribution in [-0.2, 0) is 6.42 Å². The Morgan fingerprint density at radius 2 is 2.12 bits per heavy atom. The summed E-state index contributed by atoms with van der Waals surface area (Å²) in [6.07, 6.45) is 3.89. The molecule has 4 heteroatoms. The average molecular weight is 361 g/mol. The number of aryl methyl sites for hydroxylation is 1. The first-order valence-corrected chi connectivity index (χ1v) is 9.96. The molecular weight excluding hydrogens is 324 g/mol. The van der Waals surface area contributed by atoms with E-state index in [1.807, 2.05) is 50.1 Å². The van der Waals surface area contributed by atoms with Gasteiger partial charge in [0, 0.05) is 31.7 Å². The molecule has 1 atom stereocenters. The second-order valence-electron chi connectivity index (χ2n) is 8.80. The molecule has 146 valence electrons. The SMILES string of the molecule is CC(C)N1CCC[C@H](CN(C)C(=O)c2cccc(CCC(C)(C)O)c2)C1. The van der Waals surface area contributed by atoms with Gasteiger partial charge in [-0.25, -0.2) is 0 Å². The molecule has 1 amide bonds. The standard InChI is InChI=1S/C22H36N2O2/c1-17(2)24-13-7-9-19(16-24)15-23(5)21(25)20-10-6-8-18(14-20)11-12-22(3,4)26/h6,8,10,14,17,19,26H,7,9,11-13,15-16H2,1-5H3/t19-/m1/s1. The fourth-order valence-corrected chi connectivity index (χ4v) is 3.72. The van der Waals surface area contributed by atoms with Crippen molar-refractivity contribution in [3.05, 3.63) is 35.4 Å². The first kappa shape index (κ1) is 20.9. The molecule has 4 nitrogen and oxygen atoms in total.